The SMILES string of the molecule is CCC(F)(F)CCCCSC(C)C(=O)O. The predicted octanol–water partition coefficient (Wildman–Crippen LogP) is 3.41. The number of aliphatic carboxylic acids is 1. The lowest BCUT2D eigenvalue weighted by Gasteiger charge is -2.13. The Bertz CT molecular complexity index is 198. The van der Waals surface area contributed by atoms with Gasteiger partial charge in [0.2, 0.25) is 5.92 Å². The topological polar surface area (TPSA) is 37.3 Å². The Morgan fingerprint density at radius 2 is 2.07 bits per heavy atom. The average Bonchev–Trinajstić information content (AvgIpc) is 2.16. The van der Waals surface area contributed by atoms with Gasteiger partial charge in [0.25, 0.3) is 0 Å². The van der Waals surface area contributed by atoms with Gasteiger partial charge in [-0.1, -0.05) is 6.92 Å². The van der Waals surface area contributed by atoms with Crippen molar-refractivity contribution in [3.8, 4) is 0 Å². The molecule has 0 saturated carbocycles. The molecule has 0 aromatic carbocycles. The Morgan fingerprint density at radius 1 is 1.47 bits per heavy atom. The molecule has 0 fully saturated rings. The van der Waals surface area contributed by atoms with Crippen LogP contribution in [0.4, 0.5) is 8.78 Å². The number of halogens is 2. The van der Waals surface area contributed by atoms with Gasteiger partial charge in [0.05, 0.1) is 5.25 Å². The molecular weight excluding hydrogens is 222 g/mol. The maximum Gasteiger partial charge on any atom is 0.316 e. The van der Waals surface area contributed by atoms with E-state index < -0.39 is 17.1 Å². The highest BCUT2D eigenvalue weighted by molar-refractivity contribution is 8.00. The molecule has 1 N–H and O–H groups in total. The predicted molar refractivity (Wildman–Crippen MR) is 58.6 cm³/mol. The minimum atomic E-state index is -2.55. The van der Waals surface area contributed by atoms with Gasteiger partial charge in [0, 0.05) is 12.8 Å². The number of hydrogen-bond donors (Lipinski definition) is 1. The molecular formula is C10H18F2O2S. The van der Waals surface area contributed by atoms with Crippen LogP contribution in [-0.2, 0) is 4.79 Å². The number of thioether (sulfide) groups is 1. The second kappa shape index (κ2) is 7.04. The molecule has 0 aromatic heterocycles. The summed E-state index contributed by atoms with van der Waals surface area (Å²) < 4.78 is 25.5. The molecule has 0 spiro atoms. The van der Waals surface area contributed by atoms with Crippen molar-refractivity contribution in [1.29, 1.82) is 0 Å². The fourth-order valence-electron chi connectivity index (χ4n) is 0.994. The van der Waals surface area contributed by atoms with Gasteiger partial charge in [-0.05, 0) is 25.5 Å². The van der Waals surface area contributed by atoms with Crippen molar-refractivity contribution < 1.29 is 18.7 Å². The second-order valence-electron chi connectivity index (χ2n) is 3.52. The Hall–Kier alpha value is -0.320. The first-order valence-corrected chi connectivity index (χ1v) is 6.16. The quantitative estimate of drug-likeness (QED) is 0.661. The van der Waals surface area contributed by atoms with E-state index in [1.165, 1.54) is 18.7 Å². The molecule has 0 saturated heterocycles. The van der Waals surface area contributed by atoms with Crippen molar-refractivity contribution in [3.05, 3.63) is 0 Å². The largest absolute Gasteiger partial charge is 0.480 e. The molecule has 0 aliphatic rings. The van der Waals surface area contributed by atoms with Crippen LogP contribution in [0, 0.1) is 0 Å². The molecule has 0 rings (SSSR count). The molecule has 0 aromatic rings. The third-order valence-corrected chi connectivity index (χ3v) is 3.40. The lowest BCUT2D eigenvalue weighted by atomic mass is 10.1. The van der Waals surface area contributed by atoms with Crippen molar-refractivity contribution >= 4 is 17.7 Å². The Morgan fingerprint density at radius 3 is 2.53 bits per heavy atom. The van der Waals surface area contributed by atoms with Crippen LogP contribution in [0.15, 0.2) is 0 Å². The van der Waals surface area contributed by atoms with Crippen LogP contribution in [0.1, 0.15) is 39.5 Å². The fourth-order valence-corrected chi connectivity index (χ4v) is 1.86. The number of hydrogen-bond acceptors (Lipinski definition) is 2. The molecule has 0 aliphatic carbocycles. The summed E-state index contributed by atoms with van der Waals surface area (Å²) in [7, 11) is 0. The standard InChI is InChI=1S/C10H18F2O2S/c1-3-10(11,12)6-4-5-7-15-8(2)9(13)14/h8H,3-7H2,1-2H3,(H,13,14). The van der Waals surface area contributed by atoms with Crippen molar-refractivity contribution in [3.63, 3.8) is 0 Å². The zero-order valence-corrected chi connectivity index (χ0v) is 9.95. The maximum atomic E-state index is 12.8. The van der Waals surface area contributed by atoms with Gasteiger partial charge in [0.15, 0.2) is 0 Å². The summed E-state index contributed by atoms with van der Waals surface area (Å²) in [6.07, 6.45) is 0.898. The number of carboxylic acids is 1. The van der Waals surface area contributed by atoms with Gasteiger partial charge >= 0.3 is 5.97 Å². The third kappa shape index (κ3) is 7.59. The van der Waals surface area contributed by atoms with Crippen LogP contribution in [-0.4, -0.2) is 28.0 Å². The van der Waals surface area contributed by atoms with Crippen LogP contribution in [0.2, 0.25) is 0 Å². The van der Waals surface area contributed by atoms with E-state index >= 15 is 0 Å². The van der Waals surface area contributed by atoms with E-state index in [-0.39, 0.29) is 12.8 Å². The molecule has 5 heteroatoms. The number of unbranched alkanes of at least 4 members (excludes halogenated alkanes) is 1. The molecule has 0 bridgehead atoms. The number of rotatable bonds is 8. The lowest BCUT2D eigenvalue weighted by molar-refractivity contribution is -0.136. The van der Waals surface area contributed by atoms with Gasteiger partial charge in [-0.15, -0.1) is 11.8 Å². The Balaban J connectivity index is 3.44. The van der Waals surface area contributed by atoms with E-state index in [2.05, 4.69) is 0 Å². The van der Waals surface area contributed by atoms with Crippen molar-refractivity contribution in [2.75, 3.05) is 5.75 Å². The van der Waals surface area contributed by atoms with Gasteiger partial charge in [0.1, 0.15) is 0 Å². The minimum Gasteiger partial charge on any atom is -0.480 e. The molecule has 2 nitrogen and oxygen atoms in total. The highest BCUT2D eigenvalue weighted by Gasteiger charge is 2.24. The summed E-state index contributed by atoms with van der Waals surface area (Å²) in [6.45, 7) is 3.08. The summed E-state index contributed by atoms with van der Waals surface area (Å²) >= 11 is 1.30. The first-order chi connectivity index (χ1) is 6.89. The molecule has 90 valence electrons. The average molecular weight is 240 g/mol. The number of alkyl halides is 2. The smallest absolute Gasteiger partial charge is 0.316 e. The molecule has 1 atom stereocenters. The van der Waals surface area contributed by atoms with E-state index in [1.807, 2.05) is 0 Å². The third-order valence-electron chi connectivity index (χ3n) is 2.17. The Kier molecular flexibility index (Phi) is 6.89. The second-order valence-corrected chi connectivity index (χ2v) is 4.97. The number of carbonyl (C=O) groups is 1. The van der Waals surface area contributed by atoms with E-state index in [1.54, 1.807) is 6.92 Å². The van der Waals surface area contributed by atoms with Crippen LogP contribution in [0.3, 0.4) is 0 Å². The minimum absolute atomic E-state index is 0.0918. The van der Waals surface area contributed by atoms with Gasteiger partial charge in [-0.3, -0.25) is 4.79 Å². The highest BCUT2D eigenvalue weighted by Crippen LogP contribution is 2.25. The highest BCUT2D eigenvalue weighted by atomic mass is 32.2. The molecule has 15 heavy (non-hydrogen) atoms. The van der Waals surface area contributed by atoms with Gasteiger partial charge < -0.3 is 5.11 Å². The maximum absolute atomic E-state index is 12.8. The van der Waals surface area contributed by atoms with Gasteiger partial charge in [-0.2, -0.15) is 0 Å². The number of carboxylic acid groups (broad SMARTS) is 1. The zero-order valence-electron chi connectivity index (χ0n) is 9.13. The first-order valence-electron chi connectivity index (χ1n) is 5.11. The molecule has 0 heterocycles. The van der Waals surface area contributed by atoms with E-state index in [0.29, 0.717) is 18.6 Å². The summed E-state index contributed by atoms with van der Waals surface area (Å²) in [5.74, 6) is -2.77. The normalized spacial score (nSPS) is 13.9. The monoisotopic (exact) mass is 240 g/mol. The van der Waals surface area contributed by atoms with E-state index in [4.69, 9.17) is 5.11 Å². The van der Waals surface area contributed by atoms with Crippen molar-refractivity contribution in [2.24, 2.45) is 0 Å². The van der Waals surface area contributed by atoms with Crippen LogP contribution >= 0.6 is 11.8 Å². The summed E-state index contributed by atoms with van der Waals surface area (Å²) in [4.78, 5) is 10.4. The van der Waals surface area contributed by atoms with Crippen LogP contribution in [0.25, 0.3) is 0 Å². The van der Waals surface area contributed by atoms with E-state index in [0.717, 1.165) is 0 Å². The molecule has 0 aliphatic heterocycles. The Labute approximate surface area is 93.4 Å². The summed E-state index contributed by atoms with van der Waals surface area (Å²) in [6, 6.07) is 0. The zero-order chi connectivity index (χ0) is 11.9. The van der Waals surface area contributed by atoms with Crippen LogP contribution < -0.4 is 0 Å². The summed E-state index contributed by atoms with van der Waals surface area (Å²) in [5, 5.41) is 8.12. The molecule has 0 amide bonds. The van der Waals surface area contributed by atoms with Crippen molar-refractivity contribution in [2.45, 2.75) is 50.7 Å². The van der Waals surface area contributed by atoms with Gasteiger partial charge in [-0.25, -0.2) is 8.78 Å². The summed E-state index contributed by atoms with van der Waals surface area (Å²) in [5.41, 5.74) is 0. The van der Waals surface area contributed by atoms with Crippen LogP contribution in [0.5, 0.6) is 0 Å². The molecule has 0 radical (unpaired) electrons. The van der Waals surface area contributed by atoms with E-state index in [9.17, 15) is 13.6 Å². The van der Waals surface area contributed by atoms with Crippen molar-refractivity contribution in [1.82, 2.24) is 0 Å². The lowest BCUT2D eigenvalue weighted by Crippen LogP contribution is -2.14. The first kappa shape index (κ1) is 14.7. The fraction of sp³-hybridized carbons (Fsp3) is 0.900. The molecule has 1 unspecified atom stereocenters.